The zero-order valence-electron chi connectivity index (χ0n) is 10.7. The van der Waals surface area contributed by atoms with E-state index in [-0.39, 0.29) is 5.91 Å². The van der Waals surface area contributed by atoms with Crippen molar-refractivity contribution in [3.63, 3.8) is 0 Å². The molecule has 3 aromatic rings. The van der Waals surface area contributed by atoms with E-state index in [9.17, 15) is 4.79 Å². The summed E-state index contributed by atoms with van der Waals surface area (Å²) in [5.74, 6) is -0.269. The maximum absolute atomic E-state index is 12.4. The Hall–Kier alpha value is -1.79. The van der Waals surface area contributed by atoms with Crippen LogP contribution >= 0.6 is 31.9 Å². The summed E-state index contributed by atoms with van der Waals surface area (Å²) in [5.41, 5.74) is 8.09. The number of anilines is 2. The van der Waals surface area contributed by atoms with E-state index in [4.69, 9.17) is 10.2 Å². The van der Waals surface area contributed by atoms with Crippen molar-refractivity contribution in [1.29, 1.82) is 0 Å². The van der Waals surface area contributed by atoms with Crippen molar-refractivity contribution in [3.8, 4) is 0 Å². The molecule has 0 bridgehead atoms. The van der Waals surface area contributed by atoms with E-state index < -0.39 is 0 Å². The van der Waals surface area contributed by atoms with Crippen LogP contribution in [0, 0.1) is 0 Å². The molecule has 106 valence electrons. The van der Waals surface area contributed by atoms with E-state index in [1.165, 1.54) is 6.26 Å². The van der Waals surface area contributed by atoms with Crippen LogP contribution < -0.4 is 11.1 Å². The highest BCUT2D eigenvalue weighted by Gasteiger charge is 2.16. The van der Waals surface area contributed by atoms with Crippen LogP contribution in [0.5, 0.6) is 0 Å². The molecule has 0 saturated carbocycles. The summed E-state index contributed by atoms with van der Waals surface area (Å²) in [4.78, 5) is 12.4. The summed E-state index contributed by atoms with van der Waals surface area (Å²) in [6.45, 7) is 0. The van der Waals surface area contributed by atoms with Gasteiger partial charge in [-0.25, -0.2) is 0 Å². The molecule has 0 aliphatic carbocycles. The van der Waals surface area contributed by atoms with Crippen molar-refractivity contribution in [2.45, 2.75) is 0 Å². The molecule has 0 atom stereocenters. The monoisotopic (exact) mass is 408 g/mol. The average molecular weight is 410 g/mol. The van der Waals surface area contributed by atoms with Crippen molar-refractivity contribution in [1.82, 2.24) is 0 Å². The van der Waals surface area contributed by atoms with Crippen LogP contribution in [0.25, 0.3) is 11.0 Å². The smallest absolute Gasteiger partial charge is 0.259 e. The van der Waals surface area contributed by atoms with Gasteiger partial charge in [-0.3, -0.25) is 4.79 Å². The summed E-state index contributed by atoms with van der Waals surface area (Å²) in [6.07, 6.45) is 1.45. The van der Waals surface area contributed by atoms with Crippen molar-refractivity contribution >= 4 is 60.1 Å². The number of nitrogens with one attached hydrogen (secondary N) is 1. The molecule has 3 N–H and O–H groups in total. The van der Waals surface area contributed by atoms with Gasteiger partial charge in [0.05, 0.1) is 16.9 Å². The molecule has 0 unspecified atom stereocenters. The SMILES string of the molecule is Nc1cc(Br)cc(Br)c1NC(=O)c1coc2ccccc12. The van der Waals surface area contributed by atoms with Gasteiger partial charge in [0, 0.05) is 14.3 Å². The first-order chi connectivity index (χ1) is 10.1. The predicted octanol–water partition coefficient (Wildman–Crippen LogP) is 4.79. The molecule has 0 aliphatic rings. The molecule has 0 spiro atoms. The molecule has 6 heteroatoms. The van der Waals surface area contributed by atoms with Crippen LogP contribution in [0.15, 0.2) is 56.0 Å². The van der Waals surface area contributed by atoms with Crippen LogP contribution in [0.3, 0.4) is 0 Å². The Balaban J connectivity index is 1.97. The van der Waals surface area contributed by atoms with Crippen molar-refractivity contribution < 1.29 is 9.21 Å². The third-order valence-corrected chi connectivity index (χ3v) is 4.13. The number of benzene rings is 2. The maximum atomic E-state index is 12.4. The molecule has 1 heterocycles. The number of nitrogen functional groups attached to an aromatic ring is 1. The van der Waals surface area contributed by atoms with Gasteiger partial charge in [0.2, 0.25) is 0 Å². The highest BCUT2D eigenvalue weighted by molar-refractivity contribution is 9.11. The number of rotatable bonds is 2. The Bertz CT molecular complexity index is 820. The lowest BCUT2D eigenvalue weighted by Gasteiger charge is -2.10. The molecule has 1 amide bonds. The average Bonchev–Trinajstić information content (AvgIpc) is 2.86. The van der Waals surface area contributed by atoms with Gasteiger partial charge in [0.25, 0.3) is 5.91 Å². The Morgan fingerprint density at radius 3 is 2.71 bits per heavy atom. The first kappa shape index (κ1) is 14.2. The van der Waals surface area contributed by atoms with E-state index in [1.54, 1.807) is 6.07 Å². The number of hydrogen-bond acceptors (Lipinski definition) is 3. The molecule has 4 nitrogen and oxygen atoms in total. The Morgan fingerprint density at radius 1 is 1.19 bits per heavy atom. The highest BCUT2D eigenvalue weighted by Crippen LogP contribution is 2.33. The zero-order valence-corrected chi connectivity index (χ0v) is 13.9. The van der Waals surface area contributed by atoms with Crippen molar-refractivity contribution in [2.75, 3.05) is 11.1 Å². The van der Waals surface area contributed by atoms with Crippen LogP contribution in [-0.4, -0.2) is 5.91 Å². The van der Waals surface area contributed by atoms with Gasteiger partial charge in [-0.05, 0) is 34.1 Å². The fourth-order valence-electron chi connectivity index (χ4n) is 2.06. The minimum atomic E-state index is -0.269. The van der Waals surface area contributed by atoms with Gasteiger partial charge in [0.15, 0.2) is 0 Å². The second kappa shape index (κ2) is 5.54. The maximum Gasteiger partial charge on any atom is 0.259 e. The van der Waals surface area contributed by atoms with Gasteiger partial charge in [-0.1, -0.05) is 34.1 Å². The normalized spacial score (nSPS) is 10.8. The third-order valence-electron chi connectivity index (χ3n) is 3.05. The van der Waals surface area contributed by atoms with Crippen LogP contribution in [0.1, 0.15) is 10.4 Å². The highest BCUT2D eigenvalue weighted by atomic mass is 79.9. The summed E-state index contributed by atoms with van der Waals surface area (Å²) < 4.78 is 6.91. The van der Waals surface area contributed by atoms with E-state index in [1.807, 2.05) is 30.3 Å². The summed E-state index contributed by atoms with van der Waals surface area (Å²) in [5, 5.41) is 3.57. The molecule has 3 rings (SSSR count). The summed E-state index contributed by atoms with van der Waals surface area (Å²) >= 11 is 6.74. The molecule has 0 saturated heterocycles. The Morgan fingerprint density at radius 2 is 1.95 bits per heavy atom. The lowest BCUT2D eigenvalue weighted by molar-refractivity contribution is 0.102. The van der Waals surface area contributed by atoms with Gasteiger partial charge < -0.3 is 15.5 Å². The molecule has 0 aliphatic heterocycles. The second-order valence-electron chi connectivity index (χ2n) is 4.45. The number of halogens is 2. The number of hydrogen-bond donors (Lipinski definition) is 2. The van der Waals surface area contributed by atoms with Gasteiger partial charge in [-0.2, -0.15) is 0 Å². The number of fused-ring (bicyclic) bond motifs is 1. The number of furan rings is 1. The zero-order chi connectivity index (χ0) is 15.0. The van der Waals surface area contributed by atoms with E-state index >= 15 is 0 Å². The van der Waals surface area contributed by atoms with E-state index in [0.29, 0.717) is 27.0 Å². The van der Waals surface area contributed by atoms with Crippen LogP contribution in [0.4, 0.5) is 11.4 Å². The molecular weight excluding hydrogens is 400 g/mol. The number of carbonyl (C=O) groups excluding carboxylic acids is 1. The molecule has 0 fully saturated rings. The number of para-hydroxylation sites is 1. The Labute approximate surface area is 137 Å². The fraction of sp³-hybridized carbons (Fsp3) is 0. The van der Waals surface area contributed by atoms with Crippen LogP contribution in [0.2, 0.25) is 0 Å². The van der Waals surface area contributed by atoms with E-state index in [0.717, 1.165) is 9.86 Å². The van der Waals surface area contributed by atoms with Gasteiger partial charge in [-0.15, -0.1) is 0 Å². The lowest BCUT2D eigenvalue weighted by atomic mass is 10.1. The summed E-state index contributed by atoms with van der Waals surface area (Å²) in [7, 11) is 0. The molecule has 2 aromatic carbocycles. The molecule has 0 radical (unpaired) electrons. The van der Waals surface area contributed by atoms with Crippen molar-refractivity contribution in [3.05, 3.63) is 57.2 Å². The fourth-order valence-corrected chi connectivity index (χ4v) is 3.42. The minimum absolute atomic E-state index is 0.269. The molecular formula is C15H10Br2N2O2. The standard InChI is InChI=1S/C15H10Br2N2O2/c16-8-5-11(17)14(12(18)6-8)19-15(20)10-7-21-13-4-2-1-3-9(10)13/h1-7H,18H2,(H,19,20). The van der Waals surface area contributed by atoms with E-state index in [2.05, 4.69) is 37.2 Å². The number of amides is 1. The van der Waals surface area contributed by atoms with Crippen molar-refractivity contribution in [2.24, 2.45) is 0 Å². The van der Waals surface area contributed by atoms with Crippen LogP contribution in [-0.2, 0) is 0 Å². The number of carbonyl (C=O) groups is 1. The predicted molar refractivity (Wildman–Crippen MR) is 90.4 cm³/mol. The number of nitrogens with two attached hydrogens (primary N) is 1. The quantitative estimate of drug-likeness (QED) is 0.597. The first-order valence-corrected chi connectivity index (χ1v) is 7.67. The Kier molecular flexibility index (Phi) is 3.73. The van der Waals surface area contributed by atoms with Gasteiger partial charge in [0.1, 0.15) is 11.8 Å². The lowest BCUT2D eigenvalue weighted by Crippen LogP contribution is -2.13. The molecule has 1 aromatic heterocycles. The first-order valence-electron chi connectivity index (χ1n) is 6.08. The minimum Gasteiger partial charge on any atom is -0.463 e. The van der Waals surface area contributed by atoms with Gasteiger partial charge >= 0.3 is 0 Å². The summed E-state index contributed by atoms with van der Waals surface area (Å²) in [6, 6.07) is 10.9. The molecule has 21 heavy (non-hydrogen) atoms. The second-order valence-corrected chi connectivity index (χ2v) is 6.22. The topological polar surface area (TPSA) is 68.3 Å². The largest absolute Gasteiger partial charge is 0.463 e. The third kappa shape index (κ3) is 2.69.